The Hall–Kier alpha value is -2.02. The van der Waals surface area contributed by atoms with Crippen molar-refractivity contribution in [2.45, 2.75) is 18.7 Å². The van der Waals surface area contributed by atoms with Gasteiger partial charge in [-0.15, -0.1) is 11.8 Å². The van der Waals surface area contributed by atoms with Crippen LogP contribution in [0.1, 0.15) is 24.2 Å². The Labute approximate surface area is 127 Å². The summed E-state index contributed by atoms with van der Waals surface area (Å²) in [6.45, 7) is 4.13. The molecule has 0 atom stereocenters. The molecule has 0 unspecified atom stereocenters. The molecule has 0 fully saturated rings. The molecule has 1 aromatic rings. The Kier molecular flexibility index (Phi) is 7.31. The van der Waals surface area contributed by atoms with Gasteiger partial charge in [0.25, 0.3) is 11.5 Å². The molecule has 0 saturated carbocycles. The van der Waals surface area contributed by atoms with E-state index in [1.807, 2.05) is 6.92 Å². The average Bonchev–Trinajstić information content (AvgIpc) is 2.46. The number of nitrogens with one attached hydrogen (secondary N) is 2. The van der Waals surface area contributed by atoms with Crippen molar-refractivity contribution in [3.63, 3.8) is 0 Å². The summed E-state index contributed by atoms with van der Waals surface area (Å²) in [6.07, 6.45) is 4.28. The van der Waals surface area contributed by atoms with Gasteiger partial charge in [0.1, 0.15) is 5.56 Å². The van der Waals surface area contributed by atoms with E-state index in [0.29, 0.717) is 6.61 Å². The minimum absolute atomic E-state index is 0.0537. The quantitative estimate of drug-likeness (QED) is 0.451. The van der Waals surface area contributed by atoms with Crippen molar-refractivity contribution in [1.29, 1.82) is 0 Å². The van der Waals surface area contributed by atoms with Crippen molar-refractivity contribution < 1.29 is 14.3 Å². The van der Waals surface area contributed by atoms with Crippen LogP contribution < -0.4 is 10.9 Å². The Morgan fingerprint density at radius 2 is 2.19 bits per heavy atom. The van der Waals surface area contributed by atoms with Crippen molar-refractivity contribution >= 4 is 23.6 Å². The summed E-state index contributed by atoms with van der Waals surface area (Å²) in [5.41, 5.74) is -0.389. The van der Waals surface area contributed by atoms with E-state index in [2.05, 4.69) is 10.3 Å². The summed E-state index contributed by atoms with van der Waals surface area (Å²) in [5, 5.41) is 2.54. The highest BCUT2D eigenvalue weighted by atomic mass is 32.2. The zero-order valence-corrected chi connectivity index (χ0v) is 12.8. The highest BCUT2D eigenvalue weighted by molar-refractivity contribution is 7.99. The predicted molar refractivity (Wildman–Crippen MR) is 81.6 cm³/mol. The van der Waals surface area contributed by atoms with Gasteiger partial charge in [-0.25, -0.2) is 4.79 Å². The molecule has 114 valence electrons. The van der Waals surface area contributed by atoms with E-state index in [1.54, 1.807) is 19.2 Å². The molecular formula is C14H18N2O4S. The third-order valence-electron chi connectivity index (χ3n) is 2.35. The van der Waals surface area contributed by atoms with E-state index in [9.17, 15) is 14.4 Å². The van der Waals surface area contributed by atoms with Gasteiger partial charge in [-0.2, -0.15) is 0 Å². The molecule has 0 saturated heterocycles. The molecule has 2 N–H and O–H groups in total. The maximum absolute atomic E-state index is 11.9. The number of carbonyl (C=O) groups is 2. The second kappa shape index (κ2) is 9.02. The van der Waals surface area contributed by atoms with E-state index < -0.39 is 17.4 Å². The summed E-state index contributed by atoms with van der Waals surface area (Å²) >= 11 is 1.53. The number of esters is 1. The molecule has 6 nitrogen and oxygen atoms in total. The average molecular weight is 310 g/mol. The summed E-state index contributed by atoms with van der Waals surface area (Å²) in [5.74, 6) is -0.107. The first kappa shape index (κ1) is 17.0. The monoisotopic (exact) mass is 310 g/mol. The lowest BCUT2D eigenvalue weighted by atomic mass is 10.2. The molecule has 0 aromatic carbocycles. The van der Waals surface area contributed by atoms with Gasteiger partial charge in [0.2, 0.25) is 0 Å². The van der Waals surface area contributed by atoms with Crippen LogP contribution in [0.2, 0.25) is 0 Å². The molecule has 21 heavy (non-hydrogen) atoms. The molecule has 1 aromatic heterocycles. The Balaban J connectivity index is 2.61. The van der Waals surface area contributed by atoms with Crippen LogP contribution in [0.15, 0.2) is 34.1 Å². The van der Waals surface area contributed by atoms with Crippen LogP contribution in [-0.4, -0.2) is 35.8 Å². The fourth-order valence-electron chi connectivity index (χ4n) is 1.47. The number of amides is 1. The highest BCUT2D eigenvalue weighted by Crippen LogP contribution is 2.15. The van der Waals surface area contributed by atoms with Crippen molar-refractivity contribution in [2.24, 2.45) is 0 Å². The van der Waals surface area contributed by atoms with E-state index >= 15 is 0 Å². The smallest absolute Gasteiger partial charge is 0.330 e. The Bertz CT molecular complexity index is 581. The Morgan fingerprint density at radius 3 is 2.86 bits per heavy atom. The third-order valence-corrected chi connectivity index (χ3v) is 3.21. The van der Waals surface area contributed by atoms with Crippen LogP contribution in [0, 0.1) is 0 Å². The molecule has 0 aliphatic carbocycles. The Morgan fingerprint density at radius 1 is 1.43 bits per heavy atom. The van der Waals surface area contributed by atoms with Crippen LogP contribution in [0.3, 0.4) is 0 Å². The number of ether oxygens (including phenoxy) is 1. The van der Waals surface area contributed by atoms with Crippen LogP contribution in [0.4, 0.5) is 0 Å². The van der Waals surface area contributed by atoms with E-state index in [4.69, 9.17) is 4.74 Å². The fraction of sp³-hybridized carbons (Fsp3) is 0.357. The van der Waals surface area contributed by atoms with Crippen molar-refractivity contribution in [3.05, 3.63) is 40.3 Å². The largest absolute Gasteiger partial charge is 0.463 e. The molecule has 1 rings (SSSR count). The van der Waals surface area contributed by atoms with Gasteiger partial charge in [0.05, 0.1) is 6.61 Å². The molecule has 0 bridgehead atoms. The number of H-pyrrole nitrogens is 1. The summed E-state index contributed by atoms with van der Waals surface area (Å²) in [7, 11) is 0. The van der Waals surface area contributed by atoms with Gasteiger partial charge in [0, 0.05) is 23.7 Å². The first-order valence-corrected chi connectivity index (χ1v) is 7.54. The molecule has 0 radical (unpaired) electrons. The summed E-state index contributed by atoms with van der Waals surface area (Å²) in [6, 6.07) is 1.55. The molecule has 0 aliphatic rings. The SMILES string of the molecule is CCOC(=O)/C=C/CNC(=O)c1cc(SCC)c[nH]c1=O. The van der Waals surface area contributed by atoms with Gasteiger partial charge < -0.3 is 15.0 Å². The first-order valence-electron chi connectivity index (χ1n) is 6.55. The number of aromatic nitrogens is 1. The number of aromatic amines is 1. The van der Waals surface area contributed by atoms with Gasteiger partial charge >= 0.3 is 5.97 Å². The lowest BCUT2D eigenvalue weighted by Crippen LogP contribution is -2.29. The highest BCUT2D eigenvalue weighted by Gasteiger charge is 2.10. The number of rotatable bonds is 7. The van der Waals surface area contributed by atoms with Crippen LogP contribution in [0.25, 0.3) is 0 Å². The van der Waals surface area contributed by atoms with E-state index in [-0.39, 0.29) is 12.1 Å². The maximum atomic E-state index is 11.9. The molecule has 0 spiro atoms. The number of hydrogen-bond acceptors (Lipinski definition) is 5. The minimum Gasteiger partial charge on any atom is -0.463 e. The molecule has 1 heterocycles. The molecule has 7 heteroatoms. The lowest BCUT2D eigenvalue weighted by molar-refractivity contribution is -0.137. The normalized spacial score (nSPS) is 10.6. The van der Waals surface area contributed by atoms with Crippen LogP contribution >= 0.6 is 11.8 Å². The second-order valence-electron chi connectivity index (χ2n) is 3.88. The second-order valence-corrected chi connectivity index (χ2v) is 5.21. The van der Waals surface area contributed by atoms with Crippen LogP contribution in [-0.2, 0) is 9.53 Å². The van der Waals surface area contributed by atoms with Crippen LogP contribution in [0.5, 0.6) is 0 Å². The minimum atomic E-state index is -0.483. The van der Waals surface area contributed by atoms with Crippen molar-refractivity contribution in [3.8, 4) is 0 Å². The zero-order chi connectivity index (χ0) is 15.7. The molecule has 0 aliphatic heterocycles. The van der Waals surface area contributed by atoms with Gasteiger partial charge in [0.15, 0.2) is 0 Å². The third kappa shape index (κ3) is 5.86. The number of thioether (sulfide) groups is 1. The number of pyridine rings is 1. The summed E-state index contributed by atoms with van der Waals surface area (Å²) < 4.78 is 4.70. The van der Waals surface area contributed by atoms with E-state index in [1.165, 1.54) is 23.9 Å². The molecule has 1 amide bonds. The van der Waals surface area contributed by atoms with Gasteiger partial charge in [-0.3, -0.25) is 9.59 Å². The van der Waals surface area contributed by atoms with E-state index in [0.717, 1.165) is 10.6 Å². The van der Waals surface area contributed by atoms with Crippen molar-refractivity contribution in [1.82, 2.24) is 10.3 Å². The maximum Gasteiger partial charge on any atom is 0.330 e. The zero-order valence-electron chi connectivity index (χ0n) is 12.0. The number of carbonyl (C=O) groups excluding carboxylic acids is 2. The van der Waals surface area contributed by atoms with Gasteiger partial charge in [-0.1, -0.05) is 13.0 Å². The molecular weight excluding hydrogens is 292 g/mol. The number of hydrogen-bond donors (Lipinski definition) is 2. The first-order chi connectivity index (χ1) is 10.1. The fourth-order valence-corrected chi connectivity index (χ4v) is 2.15. The topological polar surface area (TPSA) is 88.3 Å². The lowest BCUT2D eigenvalue weighted by Gasteiger charge is -2.04. The summed E-state index contributed by atoms with van der Waals surface area (Å²) in [4.78, 5) is 37.9. The predicted octanol–water partition coefficient (Wildman–Crippen LogP) is 1.34. The van der Waals surface area contributed by atoms with Gasteiger partial charge in [-0.05, 0) is 18.7 Å². The van der Waals surface area contributed by atoms with Crippen molar-refractivity contribution in [2.75, 3.05) is 18.9 Å². The standard InChI is InChI=1S/C14H18N2O4S/c1-3-20-12(17)6-5-7-15-13(18)11-8-10(21-4-2)9-16-14(11)19/h5-6,8-9H,3-4,7H2,1-2H3,(H,15,18)(H,16,19)/b6-5+.